The molecular weight excluding hydrogens is 389 g/mol. The van der Waals surface area contributed by atoms with Crippen molar-refractivity contribution < 1.29 is 4.39 Å². The second-order valence-electron chi connectivity index (χ2n) is 6.41. The van der Waals surface area contributed by atoms with Gasteiger partial charge in [-0.3, -0.25) is 0 Å². The lowest BCUT2D eigenvalue weighted by Gasteiger charge is -2.05. The summed E-state index contributed by atoms with van der Waals surface area (Å²) >= 11 is 3.22. The van der Waals surface area contributed by atoms with Crippen molar-refractivity contribution in [2.75, 3.05) is 0 Å². The fraction of sp³-hybridized carbons (Fsp3) is 0.136. The molecule has 2 aromatic carbocycles. The van der Waals surface area contributed by atoms with Gasteiger partial charge in [0, 0.05) is 11.3 Å². The van der Waals surface area contributed by atoms with E-state index in [1.165, 1.54) is 23.3 Å². The summed E-state index contributed by atoms with van der Waals surface area (Å²) in [6, 6.07) is 18.8. The minimum atomic E-state index is -0.248. The van der Waals surface area contributed by atoms with Crippen LogP contribution in [-0.2, 0) is 5.75 Å². The molecule has 0 fully saturated rings. The summed E-state index contributed by atoms with van der Waals surface area (Å²) in [5, 5.41) is 10.5. The Kier molecular flexibility index (Phi) is 5.50. The molecule has 0 bridgehead atoms. The molecule has 0 amide bonds. The topological polar surface area (TPSA) is 38.7 Å². The number of aryl methyl sites for hydroxylation is 2. The van der Waals surface area contributed by atoms with Crippen molar-refractivity contribution >= 4 is 23.1 Å². The van der Waals surface area contributed by atoms with Gasteiger partial charge in [-0.1, -0.05) is 36.0 Å². The molecule has 2 heterocycles. The first-order chi connectivity index (χ1) is 13.6. The number of rotatable bonds is 5. The average molecular weight is 408 g/mol. The second kappa shape index (κ2) is 8.20. The number of hydrogen-bond acceptors (Lipinski definition) is 5. The zero-order valence-corrected chi connectivity index (χ0v) is 17.1. The summed E-state index contributed by atoms with van der Waals surface area (Å²) < 4.78 is 13.1. The number of benzene rings is 2. The van der Waals surface area contributed by atoms with Crippen LogP contribution in [0.2, 0.25) is 0 Å². The number of nitrogens with zero attached hydrogens (tertiary/aromatic N) is 3. The molecule has 0 spiro atoms. The van der Waals surface area contributed by atoms with E-state index in [2.05, 4.69) is 46.4 Å². The van der Waals surface area contributed by atoms with E-state index < -0.39 is 0 Å². The molecular formula is C22H18FN3S2. The van der Waals surface area contributed by atoms with E-state index in [9.17, 15) is 4.39 Å². The number of thioether (sulfide) groups is 1. The van der Waals surface area contributed by atoms with E-state index in [1.807, 2.05) is 19.1 Å². The zero-order valence-electron chi connectivity index (χ0n) is 15.5. The molecule has 0 aliphatic heterocycles. The van der Waals surface area contributed by atoms with Crippen LogP contribution in [0.4, 0.5) is 4.39 Å². The third-order valence-electron chi connectivity index (χ3n) is 4.40. The first kappa shape index (κ1) is 18.8. The minimum Gasteiger partial charge on any atom is -0.241 e. The van der Waals surface area contributed by atoms with Gasteiger partial charge in [0.25, 0.3) is 0 Å². The van der Waals surface area contributed by atoms with Crippen LogP contribution in [0.25, 0.3) is 21.1 Å². The Morgan fingerprint density at radius 3 is 2.43 bits per heavy atom. The first-order valence-corrected chi connectivity index (χ1v) is 10.6. The van der Waals surface area contributed by atoms with Gasteiger partial charge in [-0.2, -0.15) is 0 Å². The smallest absolute Gasteiger partial charge is 0.124 e. The van der Waals surface area contributed by atoms with Crippen LogP contribution >= 0.6 is 23.1 Å². The molecule has 0 N–H and O–H groups in total. The van der Waals surface area contributed by atoms with Gasteiger partial charge in [0.1, 0.15) is 21.5 Å². The molecule has 28 heavy (non-hydrogen) atoms. The molecule has 0 saturated carbocycles. The monoisotopic (exact) mass is 407 g/mol. The van der Waals surface area contributed by atoms with Crippen molar-refractivity contribution in [3.63, 3.8) is 0 Å². The van der Waals surface area contributed by atoms with Crippen LogP contribution < -0.4 is 0 Å². The fourth-order valence-electron chi connectivity index (χ4n) is 2.79. The Labute approximate surface area is 171 Å². The van der Waals surface area contributed by atoms with Crippen LogP contribution in [0.15, 0.2) is 65.7 Å². The van der Waals surface area contributed by atoms with Gasteiger partial charge in [-0.15, -0.1) is 21.5 Å². The highest BCUT2D eigenvalue weighted by Gasteiger charge is 2.13. The predicted octanol–water partition coefficient (Wildman–Crippen LogP) is 6.32. The standard InChI is InChI=1S/C22H18FN3S2/c1-14-5-3-4-6-17(14)13-27-20-12-11-19(25-26-20)21-15(2)24-22(28-21)16-7-9-18(23)10-8-16/h3-12H,13H2,1-2H3. The van der Waals surface area contributed by atoms with Crippen molar-refractivity contribution in [2.24, 2.45) is 0 Å². The lowest BCUT2D eigenvalue weighted by atomic mass is 10.1. The molecule has 4 rings (SSSR count). The van der Waals surface area contributed by atoms with Gasteiger partial charge in [0.2, 0.25) is 0 Å². The number of aromatic nitrogens is 3. The molecule has 4 aromatic rings. The maximum atomic E-state index is 13.1. The summed E-state index contributed by atoms with van der Waals surface area (Å²) in [6.45, 7) is 4.08. The summed E-state index contributed by atoms with van der Waals surface area (Å²) in [5.74, 6) is 0.622. The van der Waals surface area contributed by atoms with Gasteiger partial charge in [-0.25, -0.2) is 9.37 Å². The van der Waals surface area contributed by atoms with Crippen LogP contribution in [0.5, 0.6) is 0 Å². The molecule has 0 aliphatic carbocycles. The largest absolute Gasteiger partial charge is 0.241 e. The lowest BCUT2D eigenvalue weighted by Crippen LogP contribution is -1.91. The van der Waals surface area contributed by atoms with E-state index in [4.69, 9.17) is 0 Å². The summed E-state index contributed by atoms with van der Waals surface area (Å²) in [7, 11) is 0. The molecule has 0 aliphatic rings. The minimum absolute atomic E-state index is 0.248. The van der Waals surface area contributed by atoms with Gasteiger partial charge in [-0.05, 0) is 61.4 Å². The van der Waals surface area contributed by atoms with E-state index in [0.29, 0.717) is 0 Å². The Balaban J connectivity index is 1.51. The highest BCUT2D eigenvalue weighted by molar-refractivity contribution is 7.98. The van der Waals surface area contributed by atoms with Crippen molar-refractivity contribution in [1.29, 1.82) is 0 Å². The molecule has 3 nitrogen and oxygen atoms in total. The Morgan fingerprint density at radius 1 is 0.929 bits per heavy atom. The van der Waals surface area contributed by atoms with Crippen LogP contribution in [0.1, 0.15) is 16.8 Å². The molecule has 0 atom stereocenters. The summed E-state index contributed by atoms with van der Waals surface area (Å²) in [5.41, 5.74) is 5.20. The van der Waals surface area contributed by atoms with Crippen molar-refractivity contribution in [2.45, 2.75) is 24.6 Å². The number of halogens is 1. The lowest BCUT2D eigenvalue weighted by molar-refractivity contribution is 0.628. The maximum absolute atomic E-state index is 13.1. The van der Waals surface area contributed by atoms with Crippen LogP contribution in [0.3, 0.4) is 0 Å². The zero-order chi connectivity index (χ0) is 19.5. The third-order valence-corrected chi connectivity index (χ3v) is 6.60. The summed E-state index contributed by atoms with van der Waals surface area (Å²) in [6.07, 6.45) is 0. The SMILES string of the molecule is Cc1ccccc1CSc1ccc(-c2sc(-c3ccc(F)cc3)nc2C)nn1. The normalized spacial score (nSPS) is 11.0. The highest BCUT2D eigenvalue weighted by atomic mass is 32.2. The van der Waals surface area contributed by atoms with Crippen LogP contribution in [0, 0.1) is 19.7 Å². The van der Waals surface area contributed by atoms with E-state index >= 15 is 0 Å². The van der Waals surface area contributed by atoms with Gasteiger partial charge in [0.15, 0.2) is 0 Å². The van der Waals surface area contributed by atoms with Crippen molar-refractivity contribution in [3.8, 4) is 21.1 Å². The number of thiazole rings is 1. The average Bonchev–Trinajstić information content (AvgIpc) is 3.10. The highest BCUT2D eigenvalue weighted by Crippen LogP contribution is 2.34. The Morgan fingerprint density at radius 2 is 1.71 bits per heavy atom. The maximum Gasteiger partial charge on any atom is 0.124 e. The first-order valence-electron chi connectivity index (χ1n) is 8.85. The van der Waals surface area contributed by atoms with E-state index in [1.54, 1.807) is 35.2 Å². The molecule has 2 aromatic heterocycles. The quantitative estimate of drug-likeness (QED) is 0.363. The molecule has 140 valence electrons. The Bertz CT molecular complexity index is 1090. The third kappa shape index (κ3) is 4.13. The molecule has 0 unspecified atom stereocenters. The number of hydrogen-bond donors (Lipinski definition) is 0. The van der Waals surface area contributed by atoms with E-state index in [0.717, 1.165) is 37.6 Å². The molecule has 0 radical (unpaired) electrons. The van der Waals surface area contributed by atoms with Crippen LogP contribution in [-0.4, -0.2) is 15.2 Å². The van der Waals surface area contributed by atoms with Crippen molar-refractivity contribution in [3.05, 3.63) is 83.3 Å². The fourth-order valence-corrected chi connectivity index (χ4v) is 4.72. The van der Waals surface area contributed by atoms with Gasteiger partial charge in [0.05, 0.1) is 10.6 Å². The summed E-state index contributed by atoms with van der Waals surface area (Å²) in [4.78, 5) is 5.61. The van der Waals surface area contributed by atoms with Gasteiger partial charge < -0.3 is 0 Å². The Hall–Kier alpha value is -2.57. The van der Waals surface area contributed by atoms with E-state index in [-0.39, 0.29) is 5.82 Å². The van der Waals surface area contributed by atoms with Crippen molar-refractivity contribution in [1.82, 2.24) is 15.2 Å². The second-order valence-corrected chi connectivity index (χ2v) is 8.41. The predicted molar refractivity (Wildman–Crippen MR) is 114 cm³/mol. The molecule has 0 saturated heterocycles. The van der Waals surface area contributed by atoms with Gasteiger partial charge >= 0.3 is 0 Å². The molecule has 6 heteroatoms.